The molecule has 3 nitrogen and oxygen atoms in total. The normalized spacial score (nSPS) is 17.9. The molecule has 0 aliphatic carbocycles. The van der Waals surface area contributed by atoms with E-state index in [1.165, 1.54) is 0 Å². The van der Waals surface area contributed by atoms with Crippen LogP contribution < -0.4 is 5.32 Å². The molecule has 0 unspecified atom stereocenters. The zero-order valence-electron chi connectivity index (χ0n) is 9.29. The summed E-state index contributed by atoms with van der Waals surface area (Å²) in [5, 5.41) is 13.3. The van der Waals surface area contributed by atoms with Gasteiger partial charge in [-0.3, -0.25) is 0 Å². The molecule has 16 heavy (non-hydrogen) atoms. The Morgan fingerprint density at radius 3 is 2.75 bits per heavy atom. The van der Waals surface area contributed by atoms with Crippen LogP contribution in [0.15, 0.2) is 18.2 Å². The smallest absolute Gasteiger partial charge is 0.0640 e. The van der Waals surface area contributed by atoms with Crippen molar-refractivity contribution >= 4 is 17.3 Å². The Morgan fingerprint density at radius 1 is 1.50 bits per heavy atom. The summed E-state index contributed by atoms with van der Waals surface area (Å²) in [6.07, 6.45) is 0. The van der Waals surface area contributed by atoms with E-state index >= 15 is 0 Å². The number of benzene rings is 1. The molecular weight excluding hydrogens is 226 g/mol. The molecule has 0 aromatic heterocycles. The lowest BCUT2D eigenvalue weighted by Crippen LogP contribution is -2.50. The van der Waals surface area contributed by atoms with E-state index in [4.69, 9.17) is 16.3 Å². The molecule has 0 atom stereocenters. The van der Waals surface area contributed by atoms with Gasteiger partial charge in [0.15, 0.2) is 0 Å². The first-order valence-corrected chi connectivity index (χ1v) is 5.72. The maximum absolute atomic E-state index is 9.27. The van der Waals surface area contributed by atoms with Crippen LogP contribution in [-0.2, 0) is 4.74 Å². The quantitative estimate of drug-likeness (QED) is 0.848. The predicted molar refractivity (Wildman–Crippen MR) is 65.0 cm³/mol. The zero-order valence-corrected chi connectivity index (χ0v) is 10.0. The van der Waals surface area contributed by atoms with E-state index in [-0.39, 0.29) is 12.0 Å². The highest BCUT2D eigenvalue weighted by Crippen LogP contribution is 2.29. The van der Waals surface area contributed by atoms with Crippen LogP contribution in [0.1, 0.15) is 5.56 Å². The van der Waals surface area contributed by atoms with E-state index in [1.807, 2.05) is 25.1 Å². The number of nitrogens with one attached hydrogen (secondary N) is 1. The maximum Gasteiger partial charge on any atom is 0.0640 e. The lowest BCUT2D eigenvalue weighted by atomic mass is 9.87. The summed E-state index contributed by atoms with van der Waals surface area (Å²) in [5.74, 6) is 0. The topological polar surface area (TPSA) is 41.5 Å². The molecule has 1 aromatic carbocycles. The monoisotopic (exact) mass is 241 g/mol. The number of aliphatic hydroxyl groups excluding tert-OH is 1. The van der Waals surface area contributed by atoms with Crippen LogP contribution in [0.5, 0.6) is 0 Å². The molecule has 1 fully saturated rings. The second-order valence-corrected chi connectivity index (χ2v) is 4.89. The number of aryl methyl sites for hydroxylation is 1. The third-order valence-corrected chi connectivity index (χ3v) is 3.24. The Morgan fingerprint density at radius 2 is 2.25 bits per heavy atom. The molecule has 4 heteroatoms. The van der Waals surface area contributed by atoms with Gasteiger partial charge in [0.2, 0.25) is 0 Å². The van der Waals surface area contributed by atoms with Crippen molar-refractivity contribution in [2.75, 3.05) is 31.7 Å². The number of rotatable bonds is 4. The fourth-order valence-corrected chi connectivity index (χ4v) is 1.99. The van der Waals surface area contributed by atoms with Crippen molar-refractivity contribution in [2.24, 2.45) is 5.41 Å². The molecule has 1 aliphatic rings. The van der Waals surface area contributed by atoms with Crippen LogP contribution in [-0.4, -0.2) is 31.5 Å². The number of halogens is 1. The zero-order chi connectivity index (χ0) is 11.6. The van der Waals surface area contributed by atoms with E-state index < -0.39 is 0 Å². The summed E-state index contributed by atoms with van der Waals surface area (Å²) in [6, 6.07) is 5.89. The summed E-state index contributed by atoms with van der Waals surface area (Å²) in [7, 11) is 0. The van der Waals surface area contributed by atoms with Gasteiger partial charge < -0.3 is 15.2 Å². The third kappa shape index (κ3) is 2.32. The lowest BCUT2D eigenvalue weighted by molar-refractivity contribution is -0.128. The van der Waals surface area contributed by atoms with E-state index in [2.05, 4.69) is 5.32 Å². The van der Waals surface area contributed by atoms with Crippen molar-refractivity contribution in [2.45, 2.75) is 6.92 Å². The average molecular weight is 242 g/mol. The second kappa shape index (κ2) is 4.62. The minimum atomic E-state index is -0.131. The molecule has 0 saturated carbocycles. The molecule has 2 N–H and O–H groups in total. The Bertz CT molecular complexity index is 372. The second-order valence-electron chi connectivity index (χ2n) is 4.49. The molecule has 1 aliphatic heterocycles. The first-order valence-electron chi connectivity index (χ1n) is 5.34. The van der Waals surface area contributed by atoms with Gasteiger partial charge in [-0.25, -0.2) is 0 Å². The fraction of sp³-hybridized carbons (Fsp3) is 0.500. The third-order valence-electron chi connectivity index (χ3n) is 2.93. The van der Waals surface area contributed by atoms with Gasteiger partial charge in [0.25, 0.3) is 0 Å². The summed E-state index contributed by atoms with van der Waals surface area (Å²) >= 11 is 6.11. The summed E-state index contributed by atoms with van der Waals surface area (Å²) in [6.45, 7) is 4.06. The number of hydrogen-bond acceptors (Lipinski definition) is 3. The predicted octanol–water partition coefficient (Wildman–Crippen LogP) is 2.07. The Labute approximate surface area is 100 Å². The lowest BCUT2D eigenvalue weighted by Gasteiger charge is -2.40. The molecule has 1 aromatic rings. The minimum absolute atomic E-state index is 0.131. The summed E-state index contributed by atoms with van der Waals surface area (Å²) in [4.78, 5) is 0. The van der Waals surface area contributed by atoms with Crippen molar-refractivity contribution in [1.29, 1.82) is 0 Å². The van der Waals surface area contributed by atoms with E-state index in [0.29, 0.717) is 24.8 Å². The molecule has 0 bridgehead atoms. The van der Waals surface area contributed by atoms with Gasteiger partial charge in [0.1, 0.15) is 0 Å². The van der Waals surface area contributed by atoms with Gasteiger partial charge in [0, 0.05) is 6.54 Å². The van der Waals surface area contributed by atoms with Crippen molar-refractivity contribution in [1.82, 2.24) is 0 Å². The number of aliphatic hydroxyl groups is 1. The molecule has 0 radical (unpaired) electrons. The van der Waals surface area contributed by atoms with Crippen LogP contribution >= 0.6 is 11.6 Å². The van der Waals surface area contributed by atoms with Gasteiger partial charge in [-0.05, 0) is 24.6 Å². The van der Waals surface area contributed by atoms with Crippen LogP contribution in [0.3, 0.4) is 0 Å². The van der Waals surface area contributed by atoms with Gasteiger partial charge in [-0.2, -0.15) is 0 Å². The highest BCUT2D eigenvalue weighted by atomic mass is 35.5. The van der Waals surface area contributed by atoms with Crippen LogP contribution in [0.25, 0.3) is 0 Å². The molecular formula is C12H16ClNO2. The van der Waals surface area contributed by atoms with E-state index in [1.54, 1.807) is 0 Å². The maximum atomic E-state index is 9.27. The molecule has 0 amide bonds. The van der Waals surface area contributed by atoms with Crippen LogP contribution in [0.2, 0.25) is 5.02 Å². The Hall–Kier alpha value is -0.770. The van der Waals surface area contributed by atoms with Crippen LogP contribution in [0, 0.1) is 12.3 Å². The minimum Gasteiger partial charge on any atom is -0.396 e. The SMILES string of the molecule is Cc1ccc(NCC2(CO)COC2)c(Cl)c1. The van der Waals surface area contributed by atoms with E-state index in [9.17, 15) is 5.11 Å². The molecule has 1 heterocycles. The van der Waals surface area contributed by atoms with Gasteiger partial charge in [-0.1, -0.05) is 17.7 Å². The number of anilines is 1. The Kier molecular flexibility index (Phi) is 3.38. The van der Waals surface area contributed by atoms with Gasteiger partial charge >= 0.3 is 0 Å². The van der Waals surface area contributed by atoms with Crippen molar-refractivity contribution in [3.8, 4) is 0 Å². The highest BCUT2D eigenvalue weighted by molar-refractivity contribution is 6.33. The summed E-state index contributed by atoms with van der Waals surface area (Å²) < 4.78 is 5.13. The van der Waals surface area contributed by atoms with Crippen molar-refractivity contribution in [3.05, 3.63) is 28.8 Å². The number of ether oxygens (including phenoxy) is 1. The summed E-state index contributed by atoms with van der Waals surface area (Å²) in [5.41, 5.74) is 1.92. The van der Waals surface area contributed by atoms with E-state index in [0.717, 1.165) is 11.3 Å². The first-order chi connectivity index (χ1) is 7.65. The largest absolute Gasteiger partial charge is 0.396 e. The fourth-order valence-electron chi connectivity index (χ4n) is 1.69. The molecule has 2 rings (SSSR count). The molecule has 0 spiro atoms. The van der Waals surface area contributed by atoms with Crippen molar-refractivity contribution in [3.63, 3.8) is 0 Å². The van der Waals surface area contributed by atoms with Crippen molar-refractivity contribution < 1.29 is 9.84 Å². The molecule has 88 valence electrons. The average Bonchev–Trinajstić information content (AvgIpc) is 2.19. The molecule has 1 saturated heterocycles. The number of hydrogen-bond donors (Lipinski definition) is 2. The Balaban J connectivity index is 1.99. The van der Waals surface area contributed by atoms with Gasteiger partial charge in [-0.15, -0.1) is 0 Å². The van der Waals surface area contributed by atoms with Gasteiger partial charge in [0.05, 0.1) is 35.9 Å². The first kappa shape index (κ1) is 11.7. The van der Waals surface area contributed by atoms with Crippen LogP contribution in [0.4, 0.5) is 5.69 Å². The highest BCUT2D eigenvalue weighted by Gasteiger charge is 2.37. The standard InChI is InChI=1S/C12H16ClNO2/c1-9-2-3-11(10(13)4-9)14-5-12(6-15)7-16-8-12/h2-4,14-15H,5-8H2,1H3.